The number of benzene rings is 1. The number of nitriles is 1. The number of ether oxygens (including phenoxy) is 1. The molecule has 84 valence electrons. The topological polar surface area (TPSA) is 53.3 Å². The summed E-state index contributed by atoms with van der Waals surface area (Å²) in [5.74, 6) is 0. The lowest BCUT2D eigenvalue weighted by Crippen LogP contribution is -2.31. The maximum Gasteiger partial charge on any atom is 0.410 e. The molecule has 0 radical (unpaired) electrons. The van der Waals surface area contributed by atoms with Crippen LogP contribution >= 0.6 is 0 Å². The Bertz CT molecular complexity index is 370. The van der Waals surface area contributed by atoms with E-state index in [0.29, 0.717) is 13.2 Å². The predicted octanol–water partition coefficient (Wildman–Crippen LogP) is 2.17. The van der Waals surface area contributed by atoms with E-state index in [1.807, 2.05) is 36.4 Å². The minimum Gasteiger partial charge on any atom is -0.450 e. The Labute approximate surface area is 95.0 Å². The Hall–Kier alpha value is -2.02. The first-order valence-corrected chi connectivity index (χ1v) is 5.10. The summed E-state index contributed by atoms with van der Waals surface area (Å²) in [6.07, 6.45) is -0.451. The van der Waals surface area contributed by atoms with Crippen LogP contribution in [0.1, 0.15) is 12.5 Å². The van der Waals surface area contributed by atoms with Crippen molar-refractivity contribution in [1.82, 2.24) is 4.90 Å². The molecule has 0 saturated heterocycles. The average Bonchev–Trinajstić information content (AvgIpc) is 2.30. The summed E-state index contributed by atoms with van der Waals surface area (Å²) in [4.78, 5) is 12.9. The van der Waals surface area contributed by atoms with Crippen LogP contribution in [0.3, 0.4) is 0 Å². The zero-order valence-electron chi connectivity index (χ0n) is 9.22. The molecule has 0 atom stereocenters. The molecule has 1 aromatic rings. The Morgan fingerprint density at radius 3 is 2.69 bits per heavy atom. The second kappa shape index (κ2) is 6.46. The Morgan fingerprint density at radius 1 is 1.44 bits per heavy atom. The maximum absolute atomic E-state index is 11.5. The molecule has 0 heterocycles. The van der Waals surface area contributed by atoms with Crippen LogP contribution in [0.25, 0.3) is 0 Å². The van der Waals surface area contributed by atoms with Gasteiger partial charge in [0.05, 0.1) is 19.2 Å². The van der Waals surface area contributed by atoms with Crippen molar-refractivity contribution < 1.29 is 9.53 Å². The van der Waals surface area contributed by atoms with Crippen LogP contribution in [0.2, 0.25) is 0 Å². The molecular weight excluding hydrogens is 204 g/mol. The first kappa shape index (κ1) is 12.1. The minimum absolute atomic E-state index is 0.0354. The van der Waals surface area contributed by atoms with Crippen molar-refractivity contribution in [3.8, 4) is 6.07 Å². The molecule has 0 bridgehead atoms. The monoisotopic (exact) mass is 218 g/mol. The molecule has 0 aliphatic rings. The third kappa shape index (κ3) is 3.62. The van der Waals surface area contributed by atoms with Crippen molar-refractivity contribution in [2.75, 3.05) is 13.2 Å². The third-order valence-corrected chi connectivity index (χ3v) is 2.00. The van der Waals surface area contributed by atoms with Crippen LogP contribution < -0.4 is 0 Å². The fraction of sp³-hybridized carbons (Fsp3) is 0.333. The standard InChI is InChI=1S/C12H14N2O2/c1-2-16-12(15)14(9-8-13)10-11-6-4-3-5-7-11/h3-7H,2,9-10H2,1H3. The molecule has 0 aliphatic heterocycles. The molecule has 0 fully saturated rings. The van der Waals surface area contributed by atoms with Crippen LogP contribution in [0, 0.1) is 11.3 Å². The normalized spacial score (nSPS) is 9.25. The maximum atomic E-state index is 11.5. The fourth-order valence-electron chi connectivity index (χ4n) is 1.29. The number of carbonyl (C=O) groups excluding carboxylic acids is 1. The first-order valence-electron chi connectivity index (χ1n) is 5.10. The predicted molar refractivity (Wildman–Crippen MR) is 59.5 cm³/mol. The highest BCUT2D eigenvalue weighted by molar-refractivity contribution is 5.67. The largest absolute Gasteiger partial charge is 0.450 e. The molecule has 0 aromatic heterocycles. The molecule has 0 N–H and O–H groups in total. The van der Waals surface area contributed by atoms with E-state index >= 15 is 0 Å². The van der Waals surface area contributed by atoms with E-state index in [-0.39, 0.29) is 6.54 Å². The van der Waals surface area contributed by atoms with Crippen molar-refractivity contribution in [3.63, 3.8) is 0 Å². The van der Waals surface area contributed by atoms with Gasteiger partial charge in [-0.1, -0.05) is 30.3 Å². The first-order chi connectivity index (χ1) is 7.77. The van der Waals surface area contributed by atoms with Crippen LogP contribution in [-0.4, -0.2) is 24.1 Å². The number of carbonyl (C=O) groups is 1. The van der Waals surface area contributed by atoms with Crippen molar-refractivity contribution >= 4 is 6.09 Å². The molecule has 0 spiro atoms. The summed E-state index contributed by atoms with van der Waals surface area (Å²) in [6.45, 7) is 2.49. The summed E-state index contributed by atoms with van der Waals surface area (Å²) < 4.78 is 4.86. The lowest BCUT2D eigenvalue weighted by molar-refractivity contribution is 0.109. The van der Waals surface area contributed by atoms with E-state index in [0.717, 1.165) is 5.56 Å². The summed E-state index contributed by atoms with van der Waals surface area (Å²) in [6, 6.07) is 11.5. The molecule has 1 aromatic carbocycles. The van der Waals surface area contributed by atoms with Gasteiger partial charge in [-0.25, -0.2) is 4.79 Å². The van der Waals surface area contributed by atoms with Crippen LogP contribution in [0.5, 0.6) is 0 Å². The highest BCUT2D eigenvalue weighted by atomic mass is 16.6. The molecule has 0 aliphatic carbocycles. The third-order valence-electron chi connectivity index (χ3n) is 2.00. The summed E-state index contributed by atoms with van der Waals surface area (Å²) >= 11 is 0. The lowest BCUT2D eigenvalue weighted by Gasteiger charge is -2.18. The molecule has 4 heteroatoms. The molecule has 0 saturated carbocycles. The molecule has 16 heavy (non-hydrogen) atoms. The minimum atomic E-state index is -0.451. The highest BCUT2D eigenvalue weighted by Gasteiger charge is 2.13. The van der Waals surface area contributed by atoms with E-state index in [9.17, 15) is 4.79 Å². The Morgan fingerprint density at radius 2 is 2.12 bits per heavy atom. The van der Waals surface area contributed by atoms with Gasteiger partial charge in [0.1, 0.15) is 6.54 Å². The number of rotatable bonds is 4. The number of nitrogens with zero attached hydrogens (tertiary/aromatic N) is 2. The van der Waals surface area contributed by atoms with Crippen molar-refractivity contribution in [3.05, 3.63) is 35.9 Å². The van der Waals surface area contributed by atoms with Gasteiger partial charge in [-0.15, -0.1) is 0 Å². The second-order valence-electron chi connectivity index (χ2n) is 3.20. The van der Waals surface area contributed by atoms with Gasteiger partial charge < -0.3 is 4.74 Å². The van der Waals surface area contributed by atoms with E-state index in [2.05, 4.69) is 0 Å². The molecular formula is C12H14N2O2. The van der Waals surface area contributed by atoms with Crippen LogP contribution in [0.4, 0.5) is 4.79 Å². The summed E-state index contributed by atoms with van der Waals surface area (Å²) in [5.41, 5.74) is 0.978. The van der Waals surface area contributed by atoms with Gasteiger partial charge in [0.25, 0.3) is 0 Å². The van der Waals surface area contributed by atoms with Crippen molar-refractivity contribution in [2.45, 2.75) is 13.5 Å². The van der Waals surface area contributed by atoms with Crippen molar-refractivity contribution in [2.24, 2.45) is 0 Å². The quantitative estimate of drug-likeness (QED) is 0.728. The van der Waals surface area contributed by atoms with E-state index < -0.39 is 6.09 Å². The van der Waals surface area contributed by atoms with Gasteiger partial charge in [0.15, 0.2) is 0 Å². The number of amides is 1. The molecule has 4 nitrogen and oxygen atoms in total. The molecule has 0 unspecified atom stereocenters. The average molecular weight is 218 g/mol. The van der Waals surface area contributed by atoms with Gasteiger partial charge in [0, 0.05) is 0 Å². The summed E-state index contributed by atoms with van der Waals surface area (Å²) in [5, 5.41) is 8.63. The summed E-state index contributed by atoms with van der Waals surface area (Å²) in [7, 11) is 0. The number of hydrogen-bond donors (Lipinski definition) is 0. The van der Waals surface area contributed by atoms with Crippen LogP contribution in [0.15, 0.2) is 30.3 Å². The lowest BCUT2D eigenvalue weighted by atomic mass is 10.2. The molecule has 1 rings (SSSR count). The van der Waals surface area contributed by atoms with E-state index in [4.69, 9.17) is 10.00 Å². The zero-order valence-corrected chi connectivity index (χ0v) is 9.22. The van der Waals surface area contributed by atoms with Gasteiger partial charge in [-0.05, 0) is 12.5 Å². The van der Waals surface area contributed by atoms with Gasteiger partial charge in [0.2, 0.25) is 0 Å². The zero-order chi connectivity index (χ0) is 11.8. The highest BCUT2D eigenvalue weighted by Crippen LogP contribution is 2.05. The Kier molecular flexibility index (Phi) is 4.87. The van der Waals surface area contributed by atoms with Crippen LogP contribution in [-0.2, 0) is 11.3 Å². The van der Waals surface area contributed by atoms with E-state index in [1.54, 1.807) is 6.92 Å². The van der Waals surface area contributed by atoms with Crippen molar-refractivity contribution in [1.29, 1.82) is 5.26 Å². The Balaban J connectivity index is 2.65. The SMILES string of the molecule is CCOC(=O)N(CC#N)Cc1ccccc1. The molecule has 1 amide bonds. The van der Waals surface area contributed by atoms with E-state index in [1.165, 1.54) is 4.90 Å². The second-order valence-corrected chi connectivity index (χ2v) is 3.20. The van der Waals surface area contributed by atoms with Gasteiger partial charge >= 0.3 is 6.09 Å². The smallest absolute Gasteiger partial charge is 0.410 e. The van der Waals surface area contributed by atoms with Gasteiger partial charge in [-0.2, -0.15) is 5.26 Å². The fourth-order valence-corrected chi connectivity index (χ4v) is 1.29. The number of hydrogen-bond acceptors (Lipinski definition) is 3. The van der Waals surface area contributed by atoms with Gasteiger partial charge in [-0.3, -0.25) is 4.90 Å².